The topological polar surface area (TPSA) is 49.4 Å². The number of carbonyl (C=O) groups excluding carboxylic acids is 2. The molecular weight excluding hydrogens is 559 g/mol. The summed E-state index contributed by atoms with van der Waals surface area (Å²) in [6.45, 7) is 6.05. The lowest BCUT2D eigenvalue weighted by atomic mass is 10.00. The molecule has 3 aromatic rings. The van der Waals surface area contributed by atoms with Crippen molar-refractivity contribution in [3.05, 3.63) is 99.0 Å². The van der Waals surface area contributed by atoms with Crippen LogP contribution in [0.25, 0.3) is 0 Å². The first-order chi connectivity index (χ1) is 18.0. The van der Waals surface area contributed by atoms with Gasteiger partial charge in [0.05, 0.1) is 10.0 Å². The summed E-state index contributed by atoms with van der Waals surface area (Å²) in [6, 6.07) is 22.0. The van der Waals surface area contributed by atoms with E-state index in [1.54, 1.807) is 28.8 Å². The highest BCUT2D eigenvalue weighted by molar-refractivity contribution is 7.99. The smallest absolute Gasteiger partial charge is 0.243 e. The minimum Gasteiger partial charge on any atom is -0.350 e. The number of hydrogen-bond acceptors (Lipinski definition) is 3. The van der Waals surface area contributed by atoms with Gasteiger partial charge in [0.2, 0.25) is 11.8 Å². The van der Waals surface area contributed by atoms with Gasteiger partial charge in [-0.15, -0.1) is 11.8 Å². The Bertz CT molecular complexity index is 1210. The number of rotatable bonds is 11. The third kappa shape index (κ3) is 9.85. The van der Waals surface area contributed by atoms with E-state index in [-0.39, 0.29) is 18.4 Å². The summed E-state index contributed by atoms with van der Waals surface area (Å²) in [4.78, 5) is 30.1. The molecule has 0 unspecified atom stereocenters. The molecule has 1 N–H and O–H groups in total. The van der Waals surface area contributed by atoms with Gasteiger partial charge >= 0.3 is 0 Å². The largest absolute Gasteiger partial charge is 0.350 e. The molecule has 3 aromatic carbocycles. The van der Waals surface area contributed by atoms with Gasteiger partial charge in [-0.25, -0.2) is 0 Å². The molecule has 0 aliphatic rings. The Hall–Kier alpha value is -2.18. The van der Waals surface area contributed by atoms with Crippen molar-refractivity contribution in [2.75, 3.05) is 5.75 Å². The third-order valence-corrected chi connectivity index (χ3v) is 7.81. The first-order valence-electron chi connectivity index (χ1n) is 12.5. The van der Waals surface area contributed by atoms with Crippen LogP contribution in [-0.2, 0) is 22.6 Å². The summed E-state index contributed by atoms with van der Waals surface area (Å²) in [5, 5.41) is 4.63. The zero-order chi connectivity index (χ0) is 27.7. The zero-order valence-corrected chi connectivity index (χ0v) is 24.9. The Balaban J connectivity index is 1.83. The fraction of sp³-hybridized carbons (Fsp3) is 0.333. The monoisotopic (exact) mass is 590 g/mol. The Morgan fingerprint density at radius 1 is 0.895 bits per heavy atom. The summed E-state index contributed by atoms with van der Waals surface area (Å²) in [7, 11) is 0. The van der Waals surface area contributed by atoms with Crippen LogP contribution in [0.5, 0.6) is 0 Å². The molecule has 1 atom stereocenters. The van der Waals surface area contributed by atoms with E-state index in [9.17, 15) is 9.59 Å². The molecule has 0 saturated heterocycles. The Labute approximate surface area is 245 Å². The summed E-state index contributed by atoms with van der Waals surface area (Å²) in [6.07, 6.45) is 1.38. The van der Waals surface area contributed by atoms with Gasteiger partial charge < -0.3 is 10.2 Å². The van der Waals surface area contributed by atoms with Gasteiger partial charge in [-0.3, -0.25) is 9.59 Å². The van der Waals surface area contributed by atoms with Crippen molar-refractivity contribution in [3.63, 3.8) is 0 Å². The highest BCUT2D eigenvalue weighted by Crippen LogP contribution is 2.26. The molecule has 0 heterocycles. The molecule has 8 heteroatoms. The lowest BCUT2D eigenvalue weighted by molar-refractivity contribution is -0.142. The SMILES string of the molecule is CC(C)(C)NC(=O)[C@H](Cc1ccccc1)N(Cc1ccc(Cl)c(Cl)c1)C(=O)CCCSc1ccc(Cl)cc1. The maximum absolute atomic E-state index is 13.7. The van der Waals surface area contributed by atoms with E-state index >= 15 is 0 Å². The second-order valence-corrected chi connectivity index (χ2v) is 12.5. The Morgan fingerprint density at radius 2 is 1.58 bits per heavy atom. The molecule has 0 aliphatic heterocycles. The number of hydrogen-bond donors (Lipinski definition) is 1. The fourth-order valence-corrected chi connectivity index (χ4v) is 5.23. The Kier molecular flexibility index (Phi) is 11.4. The number of thioether (sulfide) groups is 1. The second kappa shape index (κ2) is 14.3. The molecule has 38 heavy (non-hydrogen) atoms. The van der Waals surface area contributed by atoms with Crippen LogP contribution in [0.4, 0.5) is 0 Å². The van der Waals surface area contributed by atoms with E-state index in [1.807, 2.05) is 81.4 Å². The number of nitrogens with one attached hydrogen (secondary N) is 1. The highest BCUT2D eigenvalue weighted by Gasteiger charge is 2.32. The van der Waals surface area contributed by atoms with Crippen LogP contribution in [0.1, 0.15) is 44.7 Å². The first kappa shape index (κ1) is 30.4. The van der Waals surface area contributed by atoms with Gasteiger partial charge in [0.25, 0.3) is 0 Å². The predicted octanol–water partition coefficient (Wildman–Crippen LogP) is 8.07. The predicted molar refractivity (Wildman–Crippen MR) is 160 cm³/mol. The lowest BCUT2D eigenvalue weighted by Gasteiger charge is -2.34. The lowest BCUT2D eigenvalue weighted by Crippen LogP contribution is -2.54. The number of benzene rings is 3. The molecule has 4 nitrogen and oxygen atoms in total. The van der Waals surface area contributed by atoms with Gasteiger partial charge in [-0.05, 0) is 80.5 Å². The molecular formula is C30H33Cl3N2O2S. The van der Waals surface area contributed by atoms with E-state index in [4.69, 9.17) is 34.8 Å². The fourth-order valence-electron chi connectivity index (χ4n) is 3.93. The van der Waals surface area contributed by atoms with Crippen LogP contribution in [0.3, 0.4) is 0 Å². The maximum atomic E-state index is 13.7. The van der Waals surface area contributed by atoms with E-state index in [2.05, 4.69) is 5.32 Å². The van der Waals surface area contributed by atoms with Crippen molar-refractivity contribution in [1.29, 1.82) is 0 Å². The minimum absolute atomic E-state index is 0.0854. The standard InChI is InChI=1S/C30H33Cl3N2O2S/c1-30(2,3)34-29(37)27(19-21-8-5-4-6-9-21)35(20-22-11-16-25(32)26(33)18-22)28(36)10-7-17-38-24-14-12-23(31)13-15-24/h4-6,8-9,11-16,18,27H,7,10,17,19-20H2,1-3H3,(H,34,37)/t27-/m0/s1. The molecule has 0 bridgehead atoms. The van der Waals surface area contributed by atoms with Crippen LogP contribution in [0.15, 0.2) is 77.7 Å². The van der Waals surface area contributed by atoms with Gasteiger partial charge in [0.1, 0.15) is 6.04 Å². The number of amides is 2. The molecule has 0 saturated carbocycles. The summed E-state index contributed by atoms with van der Waals surface area (Å²) >= 11 is 20.1. The van der Waals surface area contributed by atoms with Crippen LogP contribution in [-0.4, -0.2) is 34.0 Å². The molecule has 0 aliphatic carbocycles. The van der Waals surface area contributed by atoms with Crippen LogP contribution in [0, 0.1) is 0 Å². The normalized spacial score (nSPS) is 12.2. The van der Waals surface area contributed by atoms with Crippen molar-refractivity contribution < 1.29 is 9.59 Å². The molecule has 0 aromatic heterocycles. The highest BCUT2D eigenvalue weighted by atomic mass is 35.5. The van der Waals surface area contributed by atoms with Gasteiger partial charge in [-0.2, -0.15) is 0 Å². The molecule has 0 radical (unpaired) electrons. The number of halogens is 3. The minimum atomic E-state index is -0.692. The summed E-state index contributed by atoms with van der Waals surface area (Å²) in [5.41, 5.74) is 1.34. The summed E-state index contributed by atoms with van der Waals surface area (Å²) in [5.74, 6) is 0.494. The first-order valence-corrected chi connectivity index (χ1v) is 14.6. The van der Waals surface area contributed by atoms with Gasteiger partial charge in [0.15, 0.2) is 0 Å². The third-order valence-electron chi connectivity index (χ3n) is 5.72. The van der Waals surface area contributed by atoms with Crippen LogP contribution >= 0.6 is 46.6 Å². The van der Waals surface area contributed by atoms with E-state index < -0.39 is 11.6 Å². The van der Waals surface area contributed by atoms with Crippen molar-refractivity contribution in [1.82, 2.24) is 10.2 Å². The number of carbonyl (C=O) groups is 2. The maximum Gasteiger partial charge on any atom is 0.243 e. The van der Waals surface area contributed by atoms with E-state index in [0.717, 1.165) is 21.8 Å². The van der Waals surface area contributed by atoms with E-state index in [0.29, 0.717) is 34.3 Å². The van der Waals surface area contributed by atoms with Crippen LogP contribution < -0.4 is 5.32 Å². The summed E-state index contributed by atoms with van der Waals surface area (Å²) < 4.78 is 0. The van der Waals surface area contributed by atoms with Crippen molar-refractivity contribution in [2.24, 2.45) is 0 Å². The van der Waals surface area contributed by atoms with Crippen molar-refractivity contribution >= 4 is 58.4 Å². The van der Waals surface area contributed by atoms with Gasteiger partial charge in [0, 0.05) is 34.8 Å². The molecule has 3 rings (SSSR count). The van der Waals surface area contributed by atoms with E-state index in [1.165, 1.54) is 0 Å². The van der Waals surface area contributed by atoms with Crippen LogP contribution in [0.2, 0.25) is 15.1 Å². The van der Waals surface area contributed by atoms with Gasteiger partial charge in [-0.1, -0.05) is 71.2 Å². The number of nitrogens with zero attached hydrogens (tertiary/aromatic N) is 1. The molecule has 202 valence electrons. The molecule has 0 fully saturated rings. The zero-order valence-electron chi connectivity index (χ0n) is 21.8. The Morgan fingerprint density at radius 3 is 2.21 bits per heavy atom. The molecule has 2 amide bonds. The van der Waals surface area contributed by atoms with Crippen molar-refractivity contribution in [2.45, 2.75) is 63.1 Å². The average Bonchev–Trinajstić information content (AvgIpc) is 2.86. The second-order valence-electron chi connectivity index (χ2n) is 10.1. The average molecular weight is 592 g/mol. The van der Waals surface area contributed by atoms with Crippen molar-refractivity contribution in [3.8, 4) is 0 Å². The quantitative estimate of drug-likeness (QED) is 0.181. The molecule has 0 spiro atoms.